The Morgan fingerprint density at radius 1 is 1.21 bits per heavy atom. The van der Waals surface area contributed by atoms with Crippen molar-refractivity contribution in [3.05, 3.63) is 27.8 Å². The molecule has 4 N–H and O–H groups in total. The van der Waals surface area contributed by atoms with E-state index in [1.54, 1.807) is 14.1 Å². The molecule has 0 bridgehead atoms. The first-order chi connectivity index (χ1) is 18.2. The number of hydrogen-bond donors (Lipinski definition) is 3. The van der Waals surface area contributed by atoms with Crippen LogP contribution in [-0.2, 0) is 25.6 Å². The number of Topliss-reactive ketones (excluding diaryl/α,β-unsaturated/α-hetero) is 4. The van der Waals surface area contributed by atoms with Gasteiger partial charge >= 0.3 is 0 Å². The molecule has 3 fully saturated rings. The molecule has 0 spiro atoms. The zero-order valence-electron chi connectivity index (χ0n) is 22.4. The van der Waals surface area contributed by atoms with E-state index >= 15 is 0 Å². The van der Waals surface area contributed by atoms with Crippen molar-refractivity contribution in [3.8, 4) is 5.75 Å². The Morgan fingerprint density at radius 3 is 2.46 bits per heavy atom. The lowest BCUT2D eigenvalue weighted by atomic mass is 9.52. The van der Waals surface area contributed by atoms with E-state index < -0.39 is 64.4 Å². The van der Waals surface area contributed by atoms with Gasteiger partial charge in [0.1, 0.15) is 5.75 Å². The number of phenols is 1. The molecule has 7 unspecified atom stereocenters. The summed E-state index contributed by atoms with van der Waals surface area (Å²) >= 11 is 6.93. The lowest BCUT2D eigenvalue weighted by Crippen LogP contribution is -2.74. The number of carbonyl (C=O) groups excluding carboxylic acids is 5. The molecule has 1 aliphatic heterocycles. The molecule has 11 heteroatoms. The number of benzene rings is 1. The summed E-state index contributed by atoms with van der Waals surface area (Å²) in [5, 5.41) is 23.1. The first-order valence-corrected chi connectivity index (χ1v) is 13.8. The van der Waals surface area contributed by atoms with Crippen molar-refractivity contribution in [2.75, 3.05) is 20.6 Å². The predicted molar refractivity (Wildman–Crippen MR) is 140 cm³/mol. The minimum atomic E-state index is -2.74. The van der Waals surface area contributed by atoms with E-state index in [-0.39, 0.29) is 36.2 Å². The Hall–Kier alpha value is -2.66. The maximum absolute atomic E-state index is 13.9. The number of hydrogen-bond acceptors (Lipinski definition) is 9. The van der Waals surface area contributed by atoms with Gasteiger partial charge in [-0.3, -0.25) is 33.8 Å². The molecule has 1 aromatic carbocycles. The van der Waals surface area contributed by atoms with Crippen LogP contribution in [-0.4, -0.2) is 87.4 Å². The Bertz CT molecular complexity index is 1310. The highest BCUT2D eigenvalue weighted by Crippen LogP contribution is 2.52. The van der Waals surface area contributed by atoms with Crippen LogP contribution >= 0.6 is 11.6 Å². The molecule has 39 heavy (non-hydrogen) atoms. The molecule has 210 valence electrons. The van der Waals surface area contributed by atoms with Gasteiger partial charge < -0.3 is 15.9 Å². The fraction of sp³-hybridized carbons (Fsp3) is 0.607. The van der Waals surface area contributed by atoms with E-state index in [1.165, 1.54) is 11.0 Å². The number of halogens is 1. The molecular weight excluding hydrogens is 526 g/mol. The number of rotatable bonds is 4. The average molecular weight is 560 g/mol. The first-order valence-electron chi connectivity index (χ1n) is 13.4. The van der Waals surface area contributed by atoms with E-state index in [2.05, 4.69) is 18.7 Å². The molecule has 1 aromatic rings. The Kier molecular flexibility index (Phi) is 6.77. The number of aliphatic hydroxyl groups is 1. The smallest absolute Gasteiger partial charge is 0.235 e. The van der Waals surface area contributed by atoms with E-state index in [1.807, 2.05) is 0 Å². The highest BCUT2D eigenvalue weighted by atomic mass is 35.5. The molecule has 3 aliphatic carbocycles. The van der Waals surface area contributed by atoms with Crippen LogP contribution in [0.1, 0.15) is 60.6 Å². The Balaban J connectivity index is 1.61. The van der Waals surface area contributed by atoms with Crippen LogP contribution in [0, 0.1) is 23.7 Å². The first kappa shape index (κ1) is 27.9. The summed E-state index contributed by atoms with van der Waals surface area (Å²) in [6, 6.07) is 0.572. The monoisotopic (exact) mass is 559 g/mol. The molecule has 4 aliphatic rings. The second kappa shape index (κ2) is 9.47. The molecule has 7 atom stereocenters. The summed E-state index contributed by atoms with van der Waals surface area (Å²) in [6.45, 7) is 5.06. The minimum absolute atomic E-state index is 0.00718. The van der Waals surface area contributed by atoms with Crippen molar-refractivity contribution in [2.45, 2.75) is 63.3 Å². The quantitative estimate of drug-likeness (QED) is 0.459. The summed E-state index contributed by atoms with van der Waals surface area (Å²) in [7, 11) is 3.11. The Labute approximate surface area is 231 Å². The van der Waals surface area contributed by atoms with Gasteiger partial charge in [0, 0.05) is 23.0 Å². The summed E-state index contributed by atoms with van der Waals surface area (Å²) < 4.78 is 0. The third-order valence-electron chi connectivity index (χ3n) is 9.34. The van der Waals surface area contributed by atoms with Crippen LogP contribution in [0.2, 0.25) is 5.02 Å². The highest BCUT2D eigenvalue weighted by molar-refractivity contribution is 6.35. The van der Waals surface area contributed by atoms with Gasteiger partial charge in [0.05, 0.1) is 17.5 Å². The molecule has 1 heterocycles. The number of fused-ring (bicyclic) bond motifs is 3. The van der Waals surface area contributed by atoms with Gasteiger partial charge in [-0.1, -0.05) is 11.6 Å². The maximum Gasteiger partial charge on any atom is 0.235 e. The second-order valence-electron chi connectivity index (χ2n) is 11.9. The number of ketones is 4. The fourth-order valence-electron chi connectivity index (χ4n) is 7.65. The molecule has 0 aromatic heterocycles. The van der Waals surface area contributed by atoms with Crippen molar-refractivity contribution in [3.63, 3.8) is 0 Å². The van der Waals surface area contributed by atoms with Crippen molar-refractivity contribution >= 4 is 40.6 Å². The number of carbonyl (C=O) groups is 5. The fourth-order valence-corrected chi connectivity index (χ4v) is 8.01. The molecule has 2 saturated carbocycles. The number of likely N-dealkylation sites (tertiary alicyclic amines) is 1. The highest BCUT2D eigenvalue weighted by Gasteiger charge is 2.69. The predicted octanol–water partition coefficient (Wildman–Crippen LogP) is 1.07. The molecule has 0 radical (unpaired) electrons. The second-order valence-corrected chi connectivity index (χ2v) is 12.3. The third kappa shape index (κ3) is 3.83. The van der Waals surface area contributed by atoms with Crippen molar-refractivity contribution < 1.29 is 34.2 Å². The molecule has 1 amide bonds. The zero-order valence-corrected chi connectivity index (χ0v) is 23.2. The van der Waals surface area contributed by atoms with Crippen molar-refractivity contribution in [1.82, 2.24) is 9.80 Å². The van der Waals surface area contributed by atoms with Crippen molar-refractivity contribution in [2.24, 2.45) is 29.4 Å². The van der Waals surface area contributed by atoms with Crippen LogP contribution in [0.5, 0.6) is 5.75 Å². The van der Waals surface area contributed by atoms with Gasteiger partial charge in [0.25, 0.3) is 0 Å². The summed E-state index contributed by atoms with van der Waals surface area (Å²) in [5.74, 6) is -10.6. The number of likely N-dealkylation sites (N-methyl/N-ethyl adjacent to an activating group) is 1. The molecule has 5 rings (SSSR count). The van der Waals surface area contributed by atoms with Crippen LogP contribution in [0.15, 0.2) is 6.07 Å². The van der Waals surface area contributed by atoms with Crippen LogP contribution < -0.4 is 5.73 Å². The number of nitrogens with two attached hydrogens (primary N) is 1. The Morgan fingerprint density at radius 2 is 1.87 bits per heavy atom. The lowest BCUT2D eigenvalue weighted by molar-refractivity contribution is -0.181. The van der Waals surface area contributed by atoms with E-state index in [4.69, 9.17) is 17.3 Å². The summed E-state index contributed by atoms with van der Waals surface area (Å²) in [6.07, 6.45) is 1.96. The number of nitrogens with zero attached hydrogens (tertiary/aromatic N) is 2. The molecule has 10 nitrogen and oxygen atoms in total. The normalized spacial score (nSPS) is 34.9. The van der Waals surface area contributed by atoms with E-state index in [9.17, 15) is 34.2 Å². The van der Waals surface area contributed by atoms with Crippen molar-refractivity contribution in [1.29, 1.82) is 0 Å². The average Bonchev–Trinajstić information content (AvgIpc) is 3.33. The number of amides is 1. The standard InChI is InChI=1S/C28H34ClN3O7/c1-11(2)32-7-5-6-16(32)13-10-17(33)19-14(21(13)29)8-12-9-15-22(31(3)4)24(35)20(27(30)38)26(37)28(15,39)25(36)18(12)23(19)34/h10-12,15-16,18,20,22,33,39H,5-9H2,1-4H3,(H2,30,38). The van der Waals surface area contributed by atoms with Crippen LogP contribution in [0.25, 0.3) is 0 Å². The van der Waals surface area contributed by atoms with Gasteiger partial charge in [-0.15, -0.1) is 0 Å². The number of aromatic hydroxyl groups is 1. The zero-order chi connectivity index (χ0) is 28.7. The lowest BCUT2D eigenvalue weighted by Gasteiger charge is -2.52. The molecular formula is C28H34ClN3O7. The molecule has 1 saturated heterocycles. The summed E-state index contributed by atoms with van der Waals surface area (Å²) in [4.78, 5) is 70.1. The van der Waals surface area contributed by atoms with E-state index in [0.717, 1.165) is 24.9 Å². The van der Waals surface area contributed by atoms with E-state index in [0.29, 0.717) is 10.6 Å². The number of phenolic OH excluding ortho intramolecular Hbond substituents is 1. The van der Waals surface area contributed by atoms with Crippen LogP contribution in [0.4, 0.5) is 0 Å². The van der Waals surface area contributed by atoms with Gasteiger partial charge in [0.2, 0.25) is 5.91 Å². The van der Waals surface area contributed by atoms with Gasteiger partial charge in [-0.05, 0) is 83.3 Å². The van der Waals surface area contributed by atoms with Gasteiger partial charge in [0.15, 0.2) is 34.7 Å². The summed E-state index contributed by atoms with van der Waals surface area (Å²) in [5.41, 5.74) is 3.70. The third-order valence-corrected chi connectivity index (χ3v) is 9.79. The van der Waals surface area contributed by atoms with Gasteiger partial charge in [-0.2, -0.15) is 0 Å². The topological polar surface area (TPSA) is 158 Å². The largest absolute Gasteiger partial charge is 0.507 e. The van der Waals surface area contributed by atoms with Crippen LogP contribution in [0.3, 0.4) is 0 Å². The van der Waals surface area contributed by atoms with Gasteiger partial charge in [-0.25, -0.2) is 0 Å². The number of primary amides is 1. The SMILES string of the molecule is CC(C)N1CCCC1c1cc(O)c2c(c1Cl)CC1CC3C(N(C)C)C(=O)C(C(N)=O)C(=O)C3(O)C(=O)C1C2=O. The minimum Gasteiger partial charge on any atom is -0.507 e. The maximum atomic E-state index is 13.9.